The second kappa shape index (κ2) is 4.30. The number of ether oxygens (including phenoxy) is 1. The lowest BCUT2D eigenvalue weighted by atomic mass is 9.89. The zero-order valence-corrected chi connectivity index (χ0v) is 7.71. The third kappa shape index (κ3) is 2.37. The lowest BCUT2D eigenvalue weighted by Crippen LogP contribution is -2.50. The third-order valence-corrected chi connectivity index (χ3v) is 2.09. The number of nitrogens with two attached hydrogens (primary N) is 1. The Morgan fingerprint density at radius 2 is 2.33 bits per heavy atom. The highest BCUT2D eigenvalue weighted by atomic mass is 16.5. The van der Waals surface area contributed by atoms with Crippen LogP contribution < -0.4 is 11.1 Å². The summed E-state index contributed by atoms with van der Waals surface area (Å²) in [5.41, 5.74) is 5.50. The molecule has 3 N–H and O–H groups in total. The van der Waals surface area contributed by atoms with Gasteiger partial charge in [0.15, 0.2) is 5.96 Å². The van der Waals surface area contributed by atoms with Crippen molar-refractivity contribution in [2.45, 2.75) is 31.9 Å². The first-order valence-electron chi connectivity index (χ1n) is 4.36. The van der Waals surface area contributed by atoms with E-state index in [0.29, 0.717) is 18.1 Å². The van der Waals surface area contributed by atoms with Gasteiger partial charge in [0.05, 0.1) is 6.10 Å². The minimum Gasteiger partial charge on any atom is -0.378 e. The predicted molar refractivity (Wildman–Crippen MR) is 49.1 cm³/mol. The largest absolute Gasteiger partial charge is 0.378 e. The molecule has 4 heteroatoms. The number of guanidine groups is 1. The van der Waals surface area contributed by atoms with Crippen molar-refractivity contribution in [1.29, 1.82) is 0 Å². The van der Waals surface area contributed by atoms with Crippen molar-refractivity contribution in [3.8, 4) is 0 Å². The van der Waals surface area contributed by atoms with Gasteiger partial charge in [0, 0.05) is 19.7 Å². The molecular weight excluding hydrogens is 154 g/mol. The summed E-state index contributed by atoms with van der Waals surface area (Å²) in [4.78, 5) is 3.82. The summed E-state index contributed by atoms with van der Waals surface area (Å²) in [6.45, 7) is 2.82. The van der Waals surface area contributed by atoms with E-state index in [9.17, 15) is 0 Å². The number of hydrogen-bond donors (Lipinski definition) is 2. The second-order valence-electron chi connectivity index (χ2n) is 3.00. The fourth-order valence-corrected chi connectivity index (χ4v) is 1.33. The van der Waals surface area contributed by atoms with Crippen molar-refractivity contribution in [2.75, 3.05) is 13.7 Å². The van der Waals surface area contributed by atoms with Crippen molar-refractivity contribution in [1.82, 2.24) is 5.32 Å². The average Bonchev–Trinajstić information content (AvgIpc) is 2.00. The molecule has 4 nitrogen and oxygen atoms in total. The highest BCUT2D eigenvalue weighted by Gasteiger charge is 2.29. The van der Waals surface area contributed by atoms with E-state index in [-0.39, 0.29) is 0 Å². The minimum absolute atomic E-state index is 0.428. The molecule has 0 spiro atoms. The SMILES string of the molecule is CCOC1CC(NC(N)=NC)C1. The molecule has 0 amide bonds. The molecule has 0 radical (unpaired) electrons. The Kier molecular flexibility index (Phi) is 3.34. The van der Waals surface area contributed by atoms with Gasteiger partial charge in [0.25, 0.3) is 0 Å². The first-order valence-corrected chi connectivity index (χ1v) is 4.36. The molecule has 0 aromatic rings. The van der Waals surface area contributed by atoms with Gasteiger partial charge in [-0.2, -0.15) is 0 Å². The Hall–Kier alpha value is -0.770. The predicted octanol–water partition coefficient (Wildman–Crippen LogP) is 0.0880. The summed E-state index contributed by atoms with van der Waals surface area (Å²) in [5.74, 6) is 0.523. The van der Waals surface area contributed by atoms with Crippen molar-refractivity contribution in [3.05, 3.63) is 0 Å². The smallest absolute Gasteiger partial charge is 0.188 e. The van der Waals surface area contributed by atoms with E-state index in [2.05, 4.69) is 10.3 Å². The van der Waals surface area contributed by atoms with Crippen LogP contribution in [0.3, 0.4) is 0 Å². The van der Waals surface area contributed by atoms with Crippen molar-refractivity contribution < 1.29 is 4.74 Å². The Morgan fingerprint density at radius 3 is 2.83 bits per heavy atom. The topological polar surface area (TPSA) is 59.6 Å². The van der Waals surface area contributed by atoms with Crippen LogP contribution in [0.1, 0.15) is 19.8 Å². The first kappa shape index (κ1) is 9.32. The van der Waals surface area contributed by atoms with Crippen LogP contribution in [-0.4, -0.2) is 31.8 Å². The number of hydrogen-bond acceptors (Lipinski definition) is 2. The fourth-order valence-electron chi connectivity index (χ4n) is 1.33. The molecule has 1 fully saturated rings. The lowest BCUT2D eigenvalue weighted by molar-refractivity contribution is -0.00566. The quantitative estimate of drug-likeness (QED) is 0.467. The molecule has 1 saturated carbocycles. The molecule has 1 aliphatic carbocycles. The maximum Gasteiger partial charge on any atom is 0.188 e. The van der Waals surface area contributed by atoms with Crippen molar-refractivity contribution in [2.24, 2.45) is 10.7 Å². The van der Waals surface area contributed by atoms with Crippen LogP contribution in [0.2, 0.25) is 0 Å². The van der Waals surface area contributed by atoms with Crippen LogP contribution in [-0.2, 0) is 4.74 Å². The molecule has 0 unspecified atom stereocenters. The van der Waals surface area contributed by atoms with Crippen LogP contribution >= 0.6 is 0 Å². The fraction of sp³-hybridized carbons (Fsp3) is 0.875. The van der Waals surface area contributed by atoms with E-state index in [1.807, 2.05) is 6.92 Å². The first-order chi connectivity index (χ1) is 5.76. The molecule has 70 valence electrons. The van der Waals surface area contributed by atoms with Gasteiger partial charge in [-0.25, -0.2) is 0 Å². The summed E-state index contributed by atoms with van der Waals surface area (Å²) < 4.78 is 5.40. The monoisotopic (exact) mass is 171 g/mol. The summed E-state index contributed by atoms with van der Waals surface area (Å²) in [7, 11) is 1.68. The summed E-state index contributed by atoms with van der Waals surface area (Å²) in [5, 5.41) is 3.10. The van der Waals surface area contributed by atoms with E-state index in [4.69, 9.17) is 10.5 Å². The van der Waals surface area contributed by atoms with Crippen LogP contribution in [0.4, 0.5) is 0 Å². The highest BCUT2D eigenvalue weighted by molar-refractivity contribution is 5.78. The molecule has 1 rings (SSSR count). The molecule has 0 saturated heterocycles. The molecule has 0 aliphatic heterocycles. The molecule has 0 bridgehead atoms. The Bertz CT molecular complexity index is 164. The van der Waals surface area contributed by atoms with Crippen molar-refractivity contribution >= 4 is 5.96 Å². The van der Waals surface area contributed by atoms with E-state index >= 15 is 0 Å². The zero-order chi connectivity index (χ0) is 8.97. The number of nitrogens with one attached hydrogen (secondary N) is 1. The summed E-state index contributed by atoms with van der Waals surface area (Å²) >= 11 is 0. The highest BCUT2D eigenvalue weighted by Crippen LogP contribution is 2.22. The van der Waals surface area contributed by atoms with Crippen LogP contribution in [0.15, 0.2) is 4.99 Å². The third-order valence-electron chi connectivity index (χ3n) is 2.09. The molecule has 12 heavy (non-hydrogen) atoms. The minimum atomic E-state index is 0.428. The van der Waals surface area contributed by atoms with Crippen LogP contribution in [0, 0.1) is 0 Å². The molecule has 0 heterocycles. The number of aliphatic imine (C=N–C) groups is 1. The molecule has 1 aliphatic rings. The Balaban J connectivity index is 2.09. The van der Waals surface area contributed by atoms with Gasteiger partial charge in [-0.1, -0.05) is 0 Å². The van der Waals surface area contributed by atoms with Crippen LogP contribution in [0.5, 0.6) is 0 Å². The maximum atomic E-state index is 5.50. The van der Waals surface area contributed by atoms with Crippen LogP contribution in [0.25, 0.3) is 0 Å². The molecule has 0 aromatic heterocycles. The number of rotatable bonds is 3. The molecular formula is C8H17N3O. The molecule has 0 atom stereocenters. The normalized spacial score (nSPS) is 29.7. The Morgan fingerprint density at radius 1 is 1.67 bits per heavy atom. The van der Waals surface area contributed by atoms with E-state index < -0.39 is 0 Å². The molecule has 0 aromatic carbocycles. The standard InChI is InChI=1S/C8H17N3O/c1-3-12-7-4-6(5-7)11-8(9)10-2/h6-7H,3-5H2,1-2H3,(H3,9,10,11). The number of nitrogens with zero attached hydrogens (tertiary/aromatic N) is 1. The lowest BCUT2D eigenvalue weighted by Gasteiger charge is -2.35. The average molecular weight is 171 g/mol. The van der Waals surface area contributed by atoms with Gasteiger partial charge in [0.2, 0.25) is 0 Å². The van der Waals surface area contributed by atoms with E-state index in [1.54, 1.807) is 7.05 Å². The van der Waals surface area contributed by atoms with E-state index in [0.717, 1.165) is 19.4 Å². The Labute approximate surface area is 73.2 Å². The van der Waals surface area contributed by atoms with Gasteiger partial charge in [0.1, 0.15) is 0 Å². The summed E-state index contributed by atoms with van der Waals surface area (Å²) in [6.07, 6.45) is 2.52. The second-order valence-corrected chi connectivity index (χ2v) is 3.00. The van der Waals surface area contributed by atoms with Gasteiger partial charge in [-0.15, -0.1) is 0 Å². The van der Waals surface area contributed by atoms with E-state index in [1.165, 1.54) is 0 Å². The summed E-state index contributed by atoms with van der Waals surface area (Å²) in [6, 6.07) is 0.463. The van der Waals surface area contributed by atoms with Gasteiger partial charge < -0.3 is 15.8 Å². The van der Waals surface area contributed by atoms with Gasteiger partial charge in [-0.05, 0) is 19.8 Å². The van der Waals surface area contributed by atoms with Gasteiger partial charge >= 0.3 is 0 Å². The van der Waals surface area contributed by atoms with Gasteiger partial charge in [-0.3, -0.25) is 4.99 Å². The van der Waals surface area contributed by atoms with Crippen molar-refractivity contribution in [3.63, 3.8) is 0 Å². The maximum absolute atomic E-state index is 5.50. The zero-order valence-electron chi connectivity index (χ0n) is 7.71.